The van der Waals surface area contributed by atoms with Gasteiger partial charge in [-0.1, -0.05) is 6.07 Å². The SMILES string of the molecule is COC(=O)c1ccc(NCCNc2ccccn2)c([N+](=O)[O-])c1. The molecule has 1 aromatic carbocycles. The smallest absolute Gasteiger partial charge is 0.338 e. The topological polar surface area (TPSA) is 106 Å². The summed E-state index contributed by atoms with van der Waals surface area (Å²) >= 11 is 0. The van der Waals surface area contributed by atoms with E-state index >= 15 is 0 Å². The maximum Gasteiger partial charge on any atom is 0.338 e. The molecule has 0 aliphatic heterocycles. The van der Waals surface area contributed by atoms with Crippen molar-refractivity contribution in [1.29, 1.82) is 0 Å². The fourth-order valence-electron chi connectivity index (χ4n) is 1.93. The highest BCUT2D eigenvalue weighted by Crippen LogP contribution is 2.25. The monoisotopic (exact) mass is 316 g/mol. The second-order valence-electron chi connectivity index (χ2n) is 4.55. The Bertz CT molecular complexity index is 691. The van der Waals surface area contributed by atoms with Crippen LogP contribution in [0.2, 0.25) is 0 Å². The molecule has 2 rings (SSSR count). The molecule has 0 spiro atoms. The Kier molecular flexibility index (Phi) is 5.45. The van der Waals surface area contributed by atoms with Gasteiger partial charge in [-0.3, -0.25) is 10.1 Å². The first-order valence-electron chi connectivity index (χ1n) is 6.87. The predicted octanol–water partition coefficient (Wildman–Crippen LogP) is 2.30. The van der Waals surface area contributed by atoms with Crippen molar-refractivity contribution in [2.75, 3.05) is 30.8 Å². The lowest BCUT2D eigenvalue weighted by molar-refractivity contribution is -0.384. The molecule has 0 aliphatic rings. The van der Waals surface area contributed by atoms with E-state index in [1.807, 2.05) is 18.2 Å². The van der Waals surface area contributed by atoms with E-state index in [-0.39, 0.29) is 11.3 Å². The van der Waals surface area contributed by atoms with E-state index in [1.54, 1.807) is 6.20 Å². The van der Waals surface area contributed by atoms with Gasteiger partial charge in [0.05, 0.1) is 17.6 Å². The van der Waals surface area contributed by atoms with Gasteiger partial charge >= 0.3 is 5.97 Å². The number of anilines is 2. The Morgan fingerprint density at radius 3 is 2.70 bits per heavy atom. The minimum Gasteiger partial charge on any atom is -0.465 e. The molecule has 2 N–H and O–H groups in total. The lowest BCUT2D eigenvalue weighted by Gasteiger charge is -2.09. The molecule has 0 amide bonds. The average molecular weight is 316 g/mol. The summed E-state index contributed by atoms with van der Waals surface area (Å²) in [6.07, 6.45) is 1.67. The Labute approximate surface area is 132 Å². The number of hydrogen-bond acceptors (Lipinski definition) is 7. The molecule has 2 aromatic rings. The molecule has 120 valence electrons. The van der Waals surface area contributed by atoms with E-state index in [0.29, 0.717) is 18.8 Å². The number of methoxy groups -OCH3 is 1. The Morgan fingerprint density at radius 2 is 2.04 bits per heavy atom. The van der Waals surface area contributed by atoms with Crippen molar-refractivity contribution in [2.45, 2.75) is 0 Å². The van der Waals surface area contributed by atoms with E-state index in [4.69, 9.17) is 0 Å². The molecule has 0 saturated carbocycles. The van der Waals surface area contributed by atoms with Crippen LogP contribution < -0.4 is 10.6 Å². The van der Waals surface area contributed by atoms with E-state index in [0.717, 1.165) is 5.82 Å². The Morgan fingerprint density at radius 1 is 1.26 bits per heavy atom. The standard InChI is InChI=1S/C15H16N4O4/c1-23-15(20)11-5-6-12(13(10-11)19(21)22)16-8-9-18-14-4-2-3-7-17-14/h2-7,10,16H,8-9H2,1H3,(H,17,18). The number of nitro benzene ring substituents is 1. The molecule has 0 aliphatic carbocycles. The number of nitrogens with one attached hydrogen (secondary N) is 2. The number of rotatable bonds is 7. The van der Waals surface area contributed by atoms with Crippen molar-refractivity contribution in [3.8, 4) is 0 Å². The molecule has 0 fully saturated rings. The van der Waals surface area contributed by atoms with Gasteiger partial charge in [0.1, 0.15) is 11.5 Å². The maximum atomic E-state index is 11.4. The molecular formula is C15H16N4O4. The normalized spacial score (nSPS) is 9.96. The van der Waals surface area contributed by atoms with Crippen molar-refractivity contribution in [2.24, 2.45) is 0 Å². The number of pyridine rings is 1. The number of aromatic nitrogens is 1. The predicted molar refractivity (Wildman–Crippen MR) is 85.7 cm³/mol. The van der Waals surface area contributed by atoms with Gasteiger partial charge in [0.2, 0.25) is 0 Å². The van der Waals surface area contributed by atoms with Gasteiger partial charge in [-0.05, 0) is 24.3 Å². The summed E-state index contributed by atoms with van der Waals surface area (Å²) in [6.45, 7) is 0.988. The third-order valence-corrected chi connectivity index (χ3v) is 3.03. The number of nitrogens with zero attached hydrogens (tertiary/aromatic N) is 2. The zero-order chi connectivity index (χ0) is 16.7. The molecule has 0 unspecified atom stereocenters. The van der Waals surface area contributed by atoms with Crippen LogP contribution in [0.5, 0.6) is 0 Å². The molecule has 0 bridgehead atoms. The van der Waals surface area contributed by atoms with Crippen LogP contribution in [0.15, 0.2) is 42.6 Å². The van der Waals surface area contributed by atoms with Crippen LogP contribution in [0.1, 0.15) is 10.4 Å². The largest absolute Gasteiger partial charge is 0.465 e. The van der Waals surface area contributed by atoms with Crippen LogP contribution in [0.4, 0.5) is 17.2 Å². The molecule has 0 atom stereocenters. The van der Waals surface area contributed by atoms with Crippen LogP contribution >= 0.6 is 0 Å². The van der Waals surface area contributed by atoms with Gasteiger partial charge in [-0.25, -0.2) is 9.78 Å². The van der Waals surface area contributed by atoms with Gasteiger partial charge in [0, 0.05) is 25.4 Å². The third kappa shape index (κ3) is 4.40. The zero-order valence-corrected chi connectivity index (χ0v) is 12.5. The number of benzene rings is 1. The summed E-state index contributed by atoms with van der Waals surface area (Å²) in [5.41, 5.74) is 0.299. The summed E-state index contributed by atoms with van der Waals surface area (Å²) in [4.78, 5) is 26.1. The van der Waals surface area contributed by atoms with Crippen molar-refractivity contribution in [3.05, 3.63) is 58.3 Å². The van der Waals surface area contributed by atoms with Gasteiger partial charge in [-0.15, -0.1) is 0 Å². The summed E-state index contributed by atoms with van der Waals surface area (Å²) in [5.74, 6) is 0.112. The van der Waals surface area contributed by atoms with Crippen molar-refractivity contribution >= 4 is 23.2 Å². The molecule has 8 nitrogen and oxygen atoms in total. The van der Waals surface area contributed by atoms with E-state index < -0.39 is 10.9 Å². The van der Waals surface area contributed by atoms with Crippen molar-refractivity contribution in [1.82, 2.24) is 4.98 Å². The van der Waals surface area contributed by atoms with Crippen LogP contribution in [-0.2, 0) is 4.74 Å². The first-order chi connectivity index (χ1) is 11.1. The van der Waals surface area contributed by atoms with Crippen LogP contribution in [0, 0.1) is 10.1 Å². The number of esters is 1. The van der Waals surface area contributed by atoms with Crippen molar-refractivity contribution < 1.29 is 14.5 Å². The fourth-order valence-corrected chi connectivity index (χ4v) is 1.93. The highest BCUT2D eigenvalue weighted by molar-refractivity contribution is 5.91. The minimum atomic E-state index is -0.614. The number of carbonyl (C=O) groups excluding carboxylic acids is 1. The number of ether oxygens (including phenoxy) is 1. The molecule has 1 aromatic heterocycles. The van der Waals surface area contributed by atoms with Gasteiger partial charge in [0.15, 0.2) is 0 Å². The van der Waals surface area contributed by atoms with E-state index in [2.05, 4.69) is 20.4 Å². The van der Waals surface area contributed by atoms with Gasteiger partial charge < -0.3 is 15.4 Å². The highest BCUT2D eigenvalue weighted by atomic mass is 16.6. The van der Waals surface area contributed by atoms with Gasteiger partial charge in [0.25, 0.3) is 5.69 Å². The van der Waals surface area contributed by atoms with E-state index in [1.165, 1.54) is 25.3 Å². The Balaban J connectivity index is 1.99. The summed E-state index contributed by atoms with van der Waals surface area (Å²) in [5, 5.41) is 17.2. The fraction of sp³-hybridized carbons (Fsp3) is 0.200. The summed E-state index contributed by atoms with van der Waals surface area (Å²) in [7, 11) is 1.23. The van der Waals surface area contributed by atoms with Gasteiger partial charge in [-0.2, -0.15) is 0 Å². The highest BCUT2D eigenvalue weighted by Gasteiger charge is 2.17. The van der Waals surface area contributed by atoms with Crippen LogP contribution in [-0.4, -0.2) is 36.1 Å². The Hall–Kier alpha value is -3.16. The number of hydrogen-bond donors (Lipinski definition) is 2. The number of nitro groups is 1. The van der Waals surface area contributed by atoms with Crippen molar-refractivity contribution in [3.63, 3.8) is 0 Å². The molecule has 0 radical (unpaired) electrons. The van der Waals surface area contributed by atoms with Crippen LogP contribution in [0.25, 0.3) is 0 Å². The molecule has 0 saturated heterocycles. The lowest BCUT2D eigenvalue weighted by atomic mass is 10.1. The quantitative estimate of drug-likeness (QED) is 0.349. The second kappa shape index (κ2) is 7.74. The molecular weight excluding hydrogens is 300 g/mol. The second-order valence-corrected chi connectivity index (χ2v) is 4.55. The third-order valence-electron chi connectivity index (χ3n) is 3.03. The first kappa shape index (κ1) is 16.2. The minimum absolute atomic E-state index is 0.136. The molecule has 8 heteroatoms. The lowest BCUT2D eigenvalue weighted by Crippen LogP contribution is -2.15. The average Bonchev–Trinajstić information content (AvgIpc) is 2.58. The maximum absolute atomic E-state index is 11.4. The first-order valence-corrected chi connectivity index (χ1v) is 6.87. The van der Waals surface area contributed by atoms with E-state index in [9.17, 15) is 14.9 Å². The van der Waals surface area contributed by atoms with Crippen LogP contribution in [0.3, 0.4) is 0 Å². The zero-order valence-electron chi connectivity index (χ0n) is 12.5. The number of carbonyl (C=O) groups is 1. The summed E-state index contributed by atoms with van der Waals surface area (Å²) in [6, 6.07) is 9.67. The summed E-state index contributed by atoms with van der Waals surface area (Å²) < 4.78 is 4.56. The molecule has 23 heavy (non-hydrogen) atoms. The molecule has 1 heterocycles.